The molecule has 7 heteroatoms. The molecule has 2 N–H and O–H groups in total. The number of carbonyl (C=O) groups is 1. The summed E-state index contributed by atoms with van der Waals surface area (Å²) in [6, 6.07) is 5.12. The van der Waals surface area contributed by atoms with Crippen LogP contribution in [0.5, 0.6) is 5.75 Å². The Morgan fingerprint density at radius 2 is 1.70 bits per heavy atom. The molecule has 2 rings (SSSR count). The Morgan fingerprint density at radius 1 is 1.05 bits per heavy atom. The van der Waals surface area contributed by atoms with E-state index in [1.165, 1.54) is 12.1 Å². The lowest BCUT2D eigenvalue weighted by Gasteiger charge is -2.08. The Morgan fingerprint density at radius 3 is 2.40 bits per heavy atom. The number of hydrogen-bond acceptors (Lipinski definition) is 2. The summed E-state index contributed by atoms with van der Waals surface area (Å²) in [7, 11) is 0. The number of carbonyl (C=O) groups excluding carboxylic acids is 1. The fraction of sp³-hybridized carbons (Fsp3) is 0. The topological polar surface area (TPSA) is 49.3 Å². The minimum atomic E-state index is -1.35. The van der Waals surface area contributed by atoms with E-state index >= 15 is 0 Å². The maximum Gasteiger partial charge on any atom is 0.259 e. The van der Waals surface area contributed by atoms with Gasteiger partial charge in [0.05, 0.1) is 11.3 Å². The summed E-state index contributed by atoms with van der Waals surface area (Å²) in [5.41, 5.74) is -0.604. The van der Waals surface area contributed by atoms with Gasteiger partial charge in [0.25, 0.3) is 5.91 Å². The van der Waals surface area contributed by atoms with Crippen molar-refractivity contribution in [1.29, 1.82) is 0 Å². The van der Waals surface area contributed by atoms with Crippen LogP contribution in [0.1, 0.15) is 10.4 Å². The third-order valence-corrected chi connectivity index (χ3v) is 3.13. The highest BCUT2D eigenvalue weighted by atomic mass is 127. The van der Waals surface area contributed by atoms with Crippen LogP contribution in [-0.4, -0.2) is 11.0 Å². The second-order valence-electron chi connectivity index (χ2n) is 3.86. The first kappa shape index (κ1) is 14.6. The SMILES string of the molecule is O=C(Nc1cc(F)c(F)cc1F)c1cc(I)ccc1O. The van der Waals surface area contributed by atoms with E-state index in [2.05, 4.69) is 5.32 Å². The van der Waals surface area contributed by atoms with Gasteiger partial charge in [0.2, 0.25) is 0 Å². The third kappa shape index (κ3) is 3.03. The standard InChI is InChI=1S/C13H7F3INO2/c14-8-4-10(16)11(5-9(8)15)18-13(20)7-3-6(17)1-2-12(7)19/h1-5,19H,(H,18,20). The van der Waals surface area contributed by atoms with E-state index in [1.54, 1.807) is 6.07 Å². The number of aromatic hydroxyl groups is 1. The molecule has 0 heterocycles. The Kier molecular flexibility index (Phi) is 4.17. The lowest BCUT2D eigenvalue weighted by Crippen LogP contribution is -2.14. The molecular formula is C13H7F3INO2. The molecule has 0 aliphatic carbocycles. The van der Waals surface area contributed by atoms with Crippen molar-refractivity contribution in [2.24, 2.45) is 0 Å². The largest absolute Gasteiger partial charge is 0.507 e. The minimum absolute atomic E-state index is 0.0963. The van der Waals surface area contributed by atoms with E-state index in [4.69, 9.17) is 0 Å². The number of phenols is 1. The zero-order valence-corrected chi connectivity index (χ0v) is 11.9. The normalized spacial score (nSPS) is 10.4. The Bertz CT molecular complexity index is 692. The van der Waals surface area contributed by atoms with Crippen LogP contribution in [0.25, 0.3) is 0 Å². The fourth-order valence-corrected chi connectivity index (χ4v) is 1.99. The first-order valence-corrected chi connectivity index (χ1v) is 6.41. The van der Waals surface area contributed by atoms with E-state index < -0.39 is 29.0 Å². The van der Waals surface area contributed by atoms with Gasteiger partial charge < -0.3 is 10.4 Å². The van der Waals surface area contributed by atoms with Crippen molar-refractivity contribution >= 4 is 34.2 Å². The number of anilines is 1. The molecule has 2 aromatic carbocycles. The smallest absolute Gasteiger partial charge is 0.259 e. The highest BCUT2D eigenvalue weighted by Gasteiger charge is 2.16. The number of benzene rings is 2. The summed E-state index contributed by atoms with van der Waals surface area (Å²) < 4.78 is 39.9. The summed E-state index contributed by atoms with van der Waals surface area (Å²) in [6.07, 6.45) is 0. The maximum absolute atomic E-state index is 13.4. The Labute approximate surface area is 125 Å². The molecule has 0 fully saturated rings. The molecule has 0 bridgehead atoms. The predicted octanol–water partition coefficient (Wildman–Crippen LogP) is 3.67. The van der Waals surface area contributed by atoms with E-state index in [-0.39, 0.29) is 11.3 Å². The molecule has 20 heavy (non-hydrogen) atoms. The van der Waals surface area contributed by atoms with Crippen LogP contribution in [0.2, 0.25) is 0 Å². The highest BCUT2D eigenvalue weighted by Crippen LogP contribution is 2.23. The van der Waals surface area contributed by atoms with Gasteiger partial charge in [0, 0.05) is 15.7 Å². The maximum atomic E-state index is 13.4. The number of halogens is 4. The van der Waals surface area contributed by atoms with E-state index in [9.17, 15) is 23.1 Å². The Balaban J connectivity index is 2.32. The van der Waals surface area contributed by atoms with Crippen LogP contribution in [0.4, 0.5) is 18.9 Å². The van der Waals surface area contributed by atoms with Gasteiger partial charge in [-0.05, 0) is 40.8 Å². The molecule has 0 radical (unpaired) electrons. The van der Waals surface area contributed by atoms with Crippen LogP contribution in [-0.2, 0) is 0 Å². The monoisotopic (exact) mass is 393 g/mol. The van der Waals surface area contributed by atoms with Crippen molar-refractivity contribution in [3.8, 4) is 5.75 Å². The van der Waals surface area contributed by atoms with Crippen molar-refractivity contribution in [1.82, 2.24) is 0 Å². The molecule has 0 saturated heterocycles. The van der Waals surface area contributed by atoms with Gasteiger partial charge in [-0.2, -0.15) is 0 Å². The highest BCUT2D eigenvalue weighted by molar-refractivity contribution is 14.1. The Hall–Kier alpha value is -1.77. The summed E-state index contributed by atoms with van der Waals surface area (Å²) >= 11 is 1.93. The third-order valence-electron chi connectivity index (χ3n) is 2.46. The summed E-state index contributed by atoms with van der Waals surface area (Å²) in [4.78, 5) is 11.9. The fourth-order valence-electron chi connectivity index (χ4n) is 1.50. The quantitative estimate of drug-likeness (QED) is 0.605. The summed E-state index contributed by atoms with van der Waals surface area (Å²) in [6.45, 7) is 0. The molecule has 0 aliphatic heterocycles. The second kappa shape index (κ2) is 5.70. The van der Waals surface area contributed by atoms with Crippen molar-refractivity contribution in [2.45, 2.75) is 0 Å². The zero-order chi connectivity index (χ0) is 14.9. The number of nitrogens with one attached hydrogen (secondary N) is 1. The van der Waals surface area contributed by atoms with Crippen molar-refractivity contribution in [3.05, 3.63) is 56.9 Å². The number of hydrogen-bond donors (Lipinski definition) is 2. The van der Waals surface area contributed by atoms with Crippen molar-refractivity contribution in [2.75, 3.05) is 5.32 Å². The summed E-state index contributed by atoms with van der Waals surface area (Å²) in [5, 5.41) is 11.6. The van der Waals surface area contributed by atoms with Crippen LogP contribution in [0.3, 0.4) is 0 Å². The van der Waals surface area contributed by atoms with E-state index in [0.29, 0.717) is 15.7 Å². The molecule has 0 spiro atoms. The van der Waals surface area contributed by atoms with Crippen molar-refractivity contribution in [3.63, 3.8) is 0 Å². The lowest BCUT2D eigenvalue weighted by atomic mass is 10.2. The molecule has 0 aromatic heterocycles. The average molecular weight is 393 g/mol. The molecular weight excluding hydrogens is 386 g/mol. The van der Waals surface area contributed by atoms with Crippen LogP contribution in [0.15, 0.2) is 30.3 Å². The first-order chi connectivity index (χ1) is 9.38. The molecule has 0 unspecified atom stereocenters. The van der Waals surface area contributed by atoms with Crippen LogP contribution < -0.4 is 5.32 Å². The number of rotatable bonds is 2. The lowest BCUT2D eigenvalue weighted by molar-refractivity contribution is 0.102. The van der Waals surface area contributed by atoms with Gasteiger partial charge in [-0.15, -0.1) is 0 Å². The molecule has 0 aliphatic rings. The van der Waals surface area contributed by atoms with Crippen LogP contribution in [0, 0.1) is 21.0 Å². The number of amides is 1. The minimum Gasteiger partial charge on any atom is -0.507 e. The van der Waals surface area contributed by atoms with Crippen LogP contribution >= 0.6 is 22.6 Å². The molecule has 2 aromatic rings. The van der Waals surface area contributed by atoms with Gasteiger partial charge in [0.1, 0.15) is 11.6 Å². The van der Waals surface area contributed by atoms with Gasteiger partial charge in [0.15, 0.2) is 11.6 Å². The van der Waals surface area contributed by atoms with Gasteiger partial charge >= 0.3 is 0 Å². The van der Waals surface area contributed by atoms with E-state index in [1.807, 2.05) is 22.6 Å². The van der Waals surface area contributed by atoms with Gasteiger partial charge in [-0.1, -0.05) is 0 Å². The van der Waals surface area contributed by atoms with Gasteiger partial charge in [-0.3, -0.25) is 4.79 Å². The first-order valence-electron chi connectivity index (χ1n) is 5.33. The second-order valence-corrected chi connectivity index (χ2v) is 5.11. The molecule has 0 saturated carbocycles. The van der Waals surface area contributed by atoms with Gasteiger partial charge in [-0.25, -0.2) is 13.2 Å². The molecule has 0 atom stereocenters. The predicted molar refractivity (Wildman–Crippen MR) is 75.1 cm³/mol. The van der Waals surface area contributed by atoms with Crippen molar-refractivity contribution < 1.29 is 23.1 Å². The molecule has 1 amide bonds. The average Bonchev–Trinajstić information content (AvgIpc) is 2.38. The zero-order valence-electron chi connectivity index (χ0n) is 9.75. The van der Waals surface area contributed by atoms with E-state index in [0.717, 1.165) is 0 Å². The molecule has 104 valence electrons. The number of phenolic OH excluding ortho intramolecular Hbond substituents is 1. The molecule has 3 nitrogen and oxygen atoms in total. The summed E-state index contributed by atoms with van der Waals surface area (Å²) in [5.74, 6) is -4.87.